The van der Waals surface area contributed by atoms with Crippen LogP contribution in [0.4, 0.5) is 0 Å². The molecule has 1 N–H and O–H groups in total. The lowest BCUT2D eigenvalue weighted by Gasteiger charge is -2.22. The van der Waals surface area contributed by atoms with Crippen molar-refractivity contribution in [3.8, 4) is 0 Å². The van der Waals surface area contributed by atoms with Crippen LogP contribution < -0.4 is 4.72 Å². The van der Waals surface area contributed by atoms with Gasteiger partial charge in [-0.2, -0.15) is 4.72 Å². The number of carbonyl (C=O) groups is 1. The maximum atomic E-state index is 11.9. The van der Waals surface area contributed by atoms with Gasteiger partial charge in [0.25, 0.3) is 0 Å². The molecule has 1 aromatic rings. The molecule has 9 heteroatoms. The summed E-state index contributed by atoms with van der Waals surface area (Å²) in [6, 6.07) is 0. The van der Waals surface area contributed by atoms with Gasteiger partial charge in [-0.3, -0.25) is 4.79 Å². The van der Waals surface area contributed by atoms with Gasteiger partial charge in [0.1, 0.15) is 10.4 Å². The highest BCUT2D eigenvalue weighted by Crippen LogP contribution is 2.13. The Morgan fingerprint density at radius 2 is 1.89 bits per heavy atom. The minimum absolute atomic E-state index is 0.0684. The van der Waals surface area contributed by atoms with Crippen LogP contribution in [-0.4, -0.2) is 37.0 Å². The van der Waals surface area contributed by atoms with Crippen LogP contribution in [0.1, 0.15) is 13.8 Å². The predicted octanol–water partition coefficient (Wildman–Crippen LogP) is 0.360. The van der Waals surface area contributed by atoms with E-state index in [0.29, 0.717) is 0 Å². The van der Waals surface area contributed by atoms with Gasteiger partial charge in [0.15, 0.2) is 0 Å². The van der Waals surface area contributed by atoms with Gasteiger partial charge in [-0.05, 0) is 25.4 Å². The van der Waals surface area contributed by atoms with E-state index in [0.717, 1.165) is 12.4 Å². The van der Waals surface area contributed by atoms with Gasteiger partial charge in [0.05, 0.1) is 19.5 Å². The number of hydrogen-bond donors (Lipinski definition) is 1. The van der Waals surface area contributed by atoms with Gasteiger partial charge in [0, 0.05) is 0 Å². The average molecular weight is 294 g/mol. The summed E-state index contributed by atoms with van der Waals surface area (Å²) in [5.41, 5.74) is -1.40. The first-order chi connectivity index (χ1) is 8.19. The molecular weight excluding hydrogens is 282 g/mol. The lowest BCUT2D eigenvalue weighted by atomic mass is 10.1. The third kappa shape index (κ3) is 3.37. The van der Waals surface area contributed by atoms with E-state index < -0.39 is 21.5 Å². The molecule has 0 aliphatic heterocycles. The number of methoxy groups -OCH3 is 1. The Kier molecular flexibility index (Phi) is 4.25. The van der Waals surface area contributed by atoms with Gasteiger partial charge < -0.3 is 4.74 Å². The van der Waals surface area contributed by atoms with Crippen LogP contribution >= 0.6 is 11.6 Å². The number of nitrogens with one attached hydrogen (secondary N) is 1. The first-order valence-electron chi connectivity index (χ1n) is 4.79. The second-order valence-corrected chi connectivity index (χ2v) is 5.93. The predicted molar refractivity (Wildman–Crippen MR) is 63.5 cm³/mol. The summed E-state index contributed by atoms with van der Waals surface area (Å²) in [6.07, 6.45) is 2.09. The van der Waals surface area contributed by atoms with E-state index in [9.17, 15) is 13.2 Å². The number of hydrogen-bond acceptors (Lipinski definition) is 6. The normalized spacial score (nSPS) is 12.2. The highest BCUT2D eigenvalue weighted by Gasteiger charge is 2.34. The van der Waals surface area contributed by atoms with Crippen LogP contribution in [0, 0.1) is 0 Å². The van der Waals surface area contributed by atoms with E-state index in [1.165, 1.54) is 21.0 Å². The topological polar surface area (TPSA) is 98.2 Å². The molecule has 0 saturated carbocycles. The Morgan fingerprint density at radius 1 is 1.39 bits per heavy atom. The molecule has 0 radical (unpaired) electrons. The van der Waals surface area contributed by atoms with Crippen LogP contribution in [0.5, 0.6) is 0 Å². The quantitative estimate of drug-likeness (QED) is 0.636. The first-order valence-corrected chi connectivity index (χ1v) is 6.65. The maximum absolute atomic E-state index is 11.9. The van der Waals surface area contributed by atoms with Crippen molar-refractivity contribution in [3.63, 3.8) is 0 Å². The number of esters is 1. The lowest BCUT2D eigenvalue weighted by Crippen LogP contribution is -2.50. The fourth-order valence-corrected chi connectivity index (χ4v) is 2.48. The number of carbonyl (C=O) groups excluding carboxylic acids is 1. The molecule has 100 valence electrons. The maximum Gasteiger partial charge on any atom is 0.326 e. The van der Waals surface area contributed by atoms with Crippen molar-refractivity contribution in [2.45, 2.75) is 24.3 Å². The monoisotopic (exact) mass is 293 g/mol. The second kappa shape index (κ2) is 5.17. The van der Waals surface area contributed by atoms with Crippen molar-refractivity contribution >= 4 is 27.6 Å². The zero-order valence-electron chi connectivity index (χ0n) is 9.97. The molecule has 0 spiro atoms. The van der Waals surface area contributed by atoms with Crippen LogP contribution in [-0.2, 0) is 19.6 Å². The van der Waals surface area contributed by atoms with E-state index in [4.69, 9.17) is 11.6 Å². The highest BCUT2D eigenvalue weighted by atomic mass is 35.5. The molecule has 1 rings (SSSR count). The van der Waals surface area contributed by atoms with Crippen molar-refractivity contribution in [2.24, 2.45) is 0 Å². The molecule has 0 amide bonds. The molecule has 0 aliphatic carbocycles. The zero-order valence-corrected chi connectivity index (χ0v) is 11.5. The summed E-state index contributed by atoms with van der Waals surface area (Å²) in [4.78, 5) is 18.3. The summed E-state index contributed by atoms with van der Waals surface area (Å²) in [7, 11) is -2.75. The molecule has 0 aromatic carbocycles. The van der Waals surface area contributed by atoms with Crippen molar-refractivity contribution in [1.29, 1.82) is 0 Å². The number of halogens is 1. The van der Waals surface area contributed by atoms with Gasteiger partial charge in [-0.1, -0.05) is 0 Å². The number of aromatic nitrogens is 2. The van der Waals surface area contributed by atoms with Crippen molar-refractivity contribution in [2.75, 3.05) is 7.11 Å². The number of ether oxygens (including phenoxy) is 1. The number of nitrogens with zero attached hydrogens (tertiary/aromatic N) is 2. The Bertz CT molecular complexity index is 541. The Morgan fingerprint density at radius 3 is 2.33 bits per heavy atom. The van der Waals surface area contributed by atoms with Crippen LogP contribution in [0.2, 0.25) is 5.28 Å². The molecule has 0 unspecified atom stereocenters. The molecule has 7 nitrogen and oxygen atoms in total. The fourth-order valence-electron chi connectivity index (χ4n) is 1.13. The molecule has 18 heavy (non-hydrogen) atoms. The summed E-state index contributed by atoms with van der Waals surface area (Å²) >= 11 is 5.46. The number of sulfonamides is 1. The summed E-state index contributed by atoms with van der Waals surface area (Å²) in [5, 5.41) is -0.0684. The Balaban J connectivity index is 3.02. The minimum atomic E-state index is -3.92. The standard InChI is InChI=1S/C9H12ClN3O4S/c1-9(2,7(14)17-3)13-18(15,16)6-4-11-8(10)12-5-6/h4-5,13H,1-3H3. The largest absolute Gasteiger partial charge is 0.468 e. The molecule has 0 saturated heterocycles. The van der Waals surface area contributed by atoms with E-state index in [-0.39, 0.29) is 10.2 Å². The molecule has 0 fully saturated rings. The van der Waals surface area contributed by atoms with Crippen LogP contribution in [0.3, 0.4) is 0 Å². The third-order valence-corrected chi connectivity index (χ3v) is 3.80. The molecule has 1 aromatic heterocycles. The second-order valence-electron chi connectivity index (χ2n) is 3.91. The van der Waals surface area contributed by atoms with E-state index >= 15 is 0 Å². The smallest absolute Gasteiger partial charge is 0.326 e. The fraction of sp³-hybridized carbons (Fsp3) is 0.444. The minimum Gasteiger partial charge on any atom is -0.468 e. The van der Waals surface area contributed by atoms with Crippen molar-refractivity contribution < 1.29 is 17.9 Å². The van der Waals surface area contributed by atoms with Gasteiger partial charge in [0.2, 0.25) is 15.3 Å². The van der Waals surface area contributed by atoms with Gasteiger partial charge >= 0.3 is 5.97 Å². The van der Waals surface area contributed by atoms with Gasteiger partial charge in [-0.25, -0.2) is 18.4 Å². The SMILES string of the molecule is COC(=O)C(C)(C)NS(=O)(=O)c1cnc(Cl)nc1. The van der Waals surface area contributed by atoms with E-state index in [1.54, 1.807) is 0 Å². The molecule has 0 atom stereocenters. The zero-order chi connectivity index (χ0) is 14.0. The first kappa shape index (κ1) is 14.8. The van der Waals surface area contributed by atoms with Crippen molar-refractivity contribution in [1.82, 2.24) is 14.7 Å². The van der Waals surface area contributed by atoms with E-state index in [1.807, 2.05) is 0 Å². The molecule has 0 aliphatic rings. The molecule has 1 heterocycles. The number of rotatable bonds is 4. The Labute approximate surface area is 110 Å². The average Bonchev–Trinajstić information content (AvgIpc) is 2.27. The summed E-state index contributed by atoms with van der Waals surface area (Å²) < 4.78 is 30.6. The molecule has 0 bridgehead atoms. The van der Waals surface area contributed by atoms with Crippen molar-refractivity contribution in [3.05, 3.63) is 17.7 Å². The van der Waals surface area contributed by atoms with Crippen LogP contribution in [0.25, 0.3) is 0 Å². The lowest BCUT2D eigenvalue weighted by molar-refractivity contribution is -0.146. The van der Waals surface area contributed by atoms with Crippen LogP contribution in [0.15, 0.2) is 17.3 Å². The summed E-state index contributed by atoms with van der Waals surface area (Å²) in [5.74, 6) is -0.707. The summed E-state index contributed by atoms with van der Waals surface area (Å²) in [6.45, 7) is 2.76. The molecular formula is C9H12ClN3O4S. The van der Waals surface area contributed by atoms with E-state index in [2.05, 4.69) is 19.4 Å². The van der Waals surface area contributed by atoms with Gasteiger partial charge in [-0.15, -0.1) is 0 Å². The highest BCUT2D eigenvalue weighted by molar-refractivity contribution is 7.89. The Hall–Kier alpha value is -1.25. The third-order valence-electron chi connectivity index (χ3n) is 1.99.